The first-order valence-corrected chi connectivity index (χ1v) is 6.42. The van der Waals surface area contributed by atoms with Gasteiger partial charge in [-0.1, -0.05) is 6.07 Å². The third-order valence-corrected chi connectivity index (χ3v) is 3.11. The van der Waals surface area contributed by atoms with E-state index in [1.165, 1.54) is 0 Å². The average molecular weight is 241 g/mol. The van der Waals surface area contributed by atoms with Gasteiger partial charge in [-0.25, -0.2) is 0 Å². The second-order valence-electron chi connectivity index (χ2n) is 3.76. The number of thioether (sulfide) groups is 1. The van der Waals surface area contributed by atoms with Crippen molar-refractivity contribution in [3.63, 3.8) is 0 Å². The molecule has 0 saturated heterocycles. The van der Waals surface area contributed by atoms with Gasteiger partial charge in [0.1, 0.15) is 5.75 Å². The van der Waals surface area contributed by atoms with Crippen molar-refractivity contribution in [2.24, 2.45) is 0 Å². The Labute approximate surface area is 101 Å². The highest BCUT2D eigenvalue weighted by Gasteiger charge is 2.07. The van der Waals surface area contributed by atoms with E-state index in [4.69, 9.17) is 15.6 Å². The zero-order valence-electron chi connectivity index (χ0n) is 9.77. The SMILES string of the molecule is CC(C)Oc1cccc(SCCCO)c1N. The summed E-state index contributed by atoms with van der Waals surface area (Å²) in [7, 11) is 0. The molecule has 16 heavy (non-hydrogen) atoms. The summed E-state index contributed by atoms with van der Waals surface area (Å²) in [5.41, 5.74) is 6.70. The Bertz CT molecular complexity index is 329. The molecule has 3 nitrogen and oxygen atoms in total. The van der Waals surface area contributed by atoms with E-state index >= 15 is 0 Å². The summed E-state index contributed by atoms with van der Waals surface area (Å²) in [6.45, 7) is 4.17. The van der Waals surface area contributed by atoms with E-state index in [9.17, 15) is 0 Å². The van der Waals surface area contributed by atoms with Crippen LogP contribution in [0.5, 0.6) is 5.75 Å². The molecule has 0 aliphatic carbocycles. The number of aliphatic hydroxyl groups is 1. The molecule has 0 aliphatic heterocycles. The van der Waals surface area contributed by atoms with Crippen LogP contribution in [0.3, 0.4) is 0 Å². The van der Waals surface area contributed by atoms with Crippen molar-refractivity contribution < 1.29 is 9.84 Å². The van der Waals surface area contributed by atoms with E-state index in [0.29, 0.717) is 5.69 Å². The van der Waals surface area contributed by atoms with Crippen molar-refractivity contribution in [1.82, 2.24) is 0 Å². The number of hydrogen-bond donors (Lipinski definition) is 2. The number of rotatable bonds is 6. The van der Waals surface area contributed by atoms with Crippen LogP contribution in [0.25, 0.3) is 0 Å². The van der Waals surface area contributed by atoms with Crippen LogP contribution in [0.2, 0.25) is 0 Å². The Morgan fingerprint density at radius 3 is 2.81 bits per heavy atom. The number of nitrogen functional groups attached to an aromatic ring is 1. The maximum absolute atomic E-state index is 8.72. The molecule has 0 aliphatic rings. The lowest BCUT2D eigenvalue weighted by molar-refractivity contribution is 0.243. The molecule has 0 amide bonds. The van der Waals surface area contributed by atoms with Crippen LogP contribution in [-0.4, -0.2) is 23.6 Å². The normalized spacial score (nSPS) is 10.8. The molecule has 3 N–H and O–H groups in total. The fraction of sp³-hybridized carbons (Fsp3) is 0.500. The lowest BCUT2D eigenvalue weighted by Crippen LogP contribution is -2.07. The van der Waals surface area contributed by atoms with Gasteiger partial charge in [-0.3, -0.25) is 0 Å². The Kier molecular flexibility index (Phi) is 5.49. The van der Waals surface area contributed by atoms with Gasteiger partial charge in [-0.15, -0.1) is 11.8 Å². The number of benzene rings is 1. The minimum atomic E-state index is 0.125. The first-order valence-electron chi connectivity index (χ1n) is 5.44. The van der Waals surface area contributed by atoms with Gasteiger partial charge in [0.25, 0.3) is 0 Å². The Hall–Kier alpha value is -0.870. The molecule has 4 heteroatoms. The topological polar surface area (TPSA) is 55.5 Å². The van der Waals surface area contributed by atoms with Crippen molar-refractivity contribution in [1.29, 1.82) is 0 Å². The minimum Gasteiger partial charge on any atom is -0.489 e. The van der Waals surface area contributed by atoms with Crippen LogP contribution < -0.4 is 10.5 Å². The molecule has 0 bridgehead atoms. The van der Waals surface area contributed by atoms with E-state index in [0.717, 1.165) is 22.8 Å². The lowest BCUT2D eigenvalue weighted by atomic mass is 10.3. The Morgan fingerprint density at radius 2 is 2.19 bits per heavy atom. The highest BCUT2D eigenvalue weighted by atomic mass is 32.2. The second kappa shape index (κ2) is 6.66. The number of ether oxygens (including phenoxy) is 1. The molecule has 1 aromatic carbocycles. The van der Waals surface area contributed by atoms with Crippen molar-refractivity contribution >= 4 is 17.4 Å². The van der Waals surface area contributed by atoms with E-state index in [1.54, 1.807) is 11.8 Å². The molecule has 1 aromatic rings. The number of para-hydroxylation sites is 1. The summed E-state index contributed by atoms with van der Waals surface area (Å²) >= 11 is 1.65. The summed E-state index contributed by atoms with van der Waals surface area (Å²) in [6, 6.07) is 5.80. The zero-order chi connectivity index (χ0) is 12.0. The molecular weight excluding hydrogens is 222 g/mol. The molecule has 0 fully saturated rings. The maximum atomic E-state index is 8.72. The van der Waals surface area contributed by atoms with E-state index in [-0.39, 0.29) is 12.7 Å². The molecule has 0 heterocycles. The van der Waals surface area contributed by atoms with Gasteiger partial charge in [-0.2, -0.15) is 0 Å². The van der Waals surface area contributed by atoms with Gasteiger partial charge in [0.15, 0.2) is 0 Å². The van der Waals surface area contributed by atoms with Crippen molar-refractivity contribution in [2.75, 3.05) is 18.1 Å². The van der Waals surface area contributed by atoms with Crippen molar-refractivity contribution in [3.05, 3.63) is 18.2 Å². The van der Waals surface area contributed by atoms with Gasteiger partial charge >= 0.3 is 0 Å². The minimum absolute atomic E-state index is 0.125. The monoisotopic (exact) mass is 241 g/mol. The highest BCUT2D eigenvalue weighted by Crippen LogP contribution is 2.33. The van der Waals surface area contributed by atoms with Crippen LogP contribution >= 0.6 is 11.8 Å². The standard InChI is InChI=1S/C12H19NO2S/c1-9(2)15-10-5-3-6-11(12(10)13)16-8-4-7-14/h3,5-6,9,14H,4,7-8,13H2,1-2H3. The maximum Gasteiger partial charge on any atom is 0.143 e. The Balaban J connectivity index is 2.70. The average Bonchev–Trinajstić information content (AvgIpc) is 2.23. The third-order valence-electron chi connectivity index (χ3n) is 1.95. The van der Waals surface area contributed by atoms with Gasteiger partial charge < -0.3 is 15.6 Å². The summed E-state index contributed by atoms with van der Waals surface area (Å²) in [5, 5.41) is 8.72. The fourth-order valence-corrected chi connectivity index (χ4v) is 2.18. The Morgan fingerprint density at radius 1 is 1.44 bits per heavy atom. The van der Waals surface area contributed by atoms with Crippen LogP contribution in [0.1, 0.15) is 20.3 Å². The van der Waals surface area contributed by atoms with E-state index in [2.05, 4.69) is 0 Å². The number of aliphatic hydroxyl groups excluding tert-OH is 1. The van der Waals surface area contributed by atoms with Gasteiger partial charge in [-0.05, 0) is 32.4 Å². The number of nitrogens with two attached hydrogens (primary N) is 1. The third kappa shape index (κ3) is 3.94. The van der Waals surface area contributed by atoms with Gasteiger partial charge in [0.2, 0.25) is 0 Å². The fourth-order valence-electron chi connectivity index (χ4n) is 1.25. The van der Waals surface area contributed by atoms with Crippen LogP contribution in [0.15, 0.2) is 23.1 Å². The predicted octanol–water partition coefficient (Wildman–Crippen LogP) is 2.53. The van der Waals surface area contributed by atoms with Gasteiger partial charge in [0.05, 0.1) is 11.8 Å². The van der Waals surface area contributed by atoms with E-state index < -0.39 is 0 Å². The van der Waals surface area contributed by atoms with Crippen LogP contribution in [0.4, 0.5) is 5.69 Å². The molecule has 0 atom stereocenters. The quantitative estimate of drug-likeness (QED) is 0.456. The molecule has 1 rings (SSSR count). The summed E-state index contributed by atoms with van der Waals surface area (Å²) in [6.07, 6.45) is 0.902. The molecular formula is C12H19NO2S. The molecule has 90 valence electrons. The summed E-state index contributed by atoms with van der Waals surface area (Å²) in [4.78, 5) is 1.02. The molecule has 0 unspecified atom stereocenters. The largest absolute Gasteiger partial charge is 0.489 e. The van der Waals surface area contributed by atoms with Crippen LogP contribution in [0, 0.1) is 0 Å². The summed E-state index contributed by atoms with van der Waals surface area (Å²) in [5.74, 6) is 1.61. The lowest BCUT2D eigenvalue weighted by Gasteiger charge is -2.14. The highest BCUT2D eigenvalue weighted by molar-refractivity contribution is 7.99. The number of anilines is 1. The van der Waals surface area contributed by atoms with Gasteiger partial charge in [0, 0.05) is 17.3 Å². The second-order valence-corrected chi connectivity index (χ2v) is 4.90. The predicted molar refractivity (Wildman–Crippen MR) is 69.0 cm³/mol. The summed E-state index contributed by atoms with van der Waals surface area (Å²) < 4.78 is 5.60. The number of hydrogen-bond acceptors (Lipinski definition) is 4. The van der Waals surface area contributed by atoms with Crippen molar-refractivity contribution in [3.8, 4) is 5.75 Å². The molecule has 0 aromatic heterocycles. The van der Waals surface area contributed by atoms with E-state index in [1.807, 2.05) is 32.0 Å². The smallest absolute Gasteiger partial charge is 0.143 e. The molecule has 0 spiro atoms. The first-order chi connectivity index (χ1) is 7.65. The van der Waals surface area contributed by atoms with Crippen molar-refractivity contribution in [2.45, 2.75) is 31.3 Å². The van der Waals surface area contributed by atoms with Crippen LogP contribution in [-0.2, 0) is 0 Å². The molecule has 0 saturated carbocycles. The first kappa shape index (κ1) is 13.2. The molecule has 0 radical (unpaired) electrons. The zero-order valence-corrected chi connectivity index (χ0v) is 10.6.